The van der Waals surface area contributed by atoms with Crippen LogP contribution in [0.3, 0.4) is 0 Å². The Labute approximate surface area is 115 Å². The monoisotopic (exact) mass is 268 g/mol. The third-order valence-electron chi connectivity index (χ3n) is 3.46. The second-order valence-electron chi connectivity index (χ2n) is 5.25. The molecule has 1 aliphatic rings. The molecule has 1 aliphatic heterocycles. The largest absolute Gasteiger partial charge is 0.494 e. The fourth-order valence-electron chi connectivity index (χ4n) is 1.63. The van der Waals surface area contributed by atoms with Gasteiger partial charge in [0.05, 0.1) is 11.2 Å². The average molecular weight is 268 g/mol. The topological polar surface area (TPSA) is 70.5 Å². The molecule has 1 aromatic rings. The fourth-order valence-corrected chi connectivity index (χ4v) is 1.63. The minimum absolute atomic E-state index is 0.293. The zero-order valence-corrected chi connectivity index (χ0v) is 12.2. The summed E-state index contributed by atoms with van der Waals surface area (Å²) in [7, 11) is -0.300. The molecule has 0 saturated carbocycles. The molecule has 4 N–H and O–H groups in total. The quantitative estimate of drug-likeness (QED) is 0.408. The van der Waals surface area contributed by atoms with Gasteiger partial charge < -0.3 is 15.0 Å². The van der Waals surface area contributed by atoms with Crippen LogP contribution >= 0.6 is 12.8 Å². The SMILES string of the molecule is CC1(C)OB(c2ccc(N)cc2)OC1(C)C.NS. The number of anilines is 1. The fraction of sp³-hybridized carbons (Fsp3) is 0.500. The van der Waals surface area contributed by atoms with Crippen LogP contribution in [0, 0.1) is 0 Å². The lowest BCUT2D eigenvalue weighted by atomic mass is 9.79. The van der Waals surface area contributed by atoms with E-state index in [2.05, 4.69) is 18.0 Å². The Balaban J connectivity index is 0.000000771. The van der Waals surface area contributed by atoms with Gasteiger partial charge in [-0.15, -0.1) is 12.8 Å². The first-order valence-electron chi connectivity index (χ1n) is 5.79. The Morgan fingerprint density at radius 3 is 1.72 bits per heavy atom. The van der Waals surface area contributed by atoms with Gasteiger partial charge >= 0.3 is 7.12 Å². The predicted molar refractivity (Wildman–Crippen MR) is 79.7 cm³/mol. The number of nitrogen functional groups attached to an aromatic ring is 1. The number of nitrogens with two attached hydrogens (primary N) is 2. The number of thiol groups is 1. The first-order valence-corrected chi connectivity index (χ1v) is 6.30. The molecule has 18 heavy (non-hydrogen) atoms. The van der Waals surface area contributed by atoms with E-state index < -0.39 is 0 Å². The highest BCUT2D eigenvalue weighted by atomic mass is 32.1. The van der Waals surface area contributed by atoms with Crippen molar-refractivity contribution in [1.82, 2.24) is 0 Å². The van der Waals surface area contributed by atoms with E-state index in [1.54, 1.807) is 0 Å². The van der Waals surface area contributed by atoms with Crippen LogP contribution < -0.4 is 16.3 Å². The van der Waals surface area contributed by atoms with Gasteiger partial charge in [0.2, 0.25) is 0 Å². The van der Waals surface area contributed by atoms with Crippen LogP contribution in [0.2, 0.25) is 0 Å². The number of benzene rings is 1. The van der Waals surface area contributed by atoms with E-state index in [1.165, 1.54) is 0 Å². The number of hydrogen-bond acceptors (Lipinski definition) is 5. The second kappa shape index (κ2) is 5.53. The minimum Gasteiger partial charge on any atom is -0.399 e. The lowest BCUT2D eigenvalue weighted by Crippen LogP contribution is -2.41. The molecule has 0 unspecified atom stereocenters. The Morgan fingerprint density at radius 1 is 0.944 bits per heavy atom. The van der Waals surface area contributed by atoms with E-state index in [9.17, 15) is 0 Å². The molecule has 1 aromatic carbocycles. The Morgan fingerprint density at radius 2 is 1.33 bits per heavy atom. The summed E-state index contributed by atoms with van der Waals surface area (Å²) in [6.45, 7) is 8.18. The third kappa shape index (κ3) is 3.01. The Hall–Kier alpha value is -0.685. The van der Waals surface area contributed by atoms with Gasteiger partial charge in [-0.25, -0.2) is 0 Å². The summed E-state index contributed by atoms with van der Waals surface area (Å²) in [5.74, 6) is 0. The molecule has 1 fully saturated rings. The van der Waals surface area contributed by atoms with Crippen LogP contribution in [0.5, 0.6) is 0 Å². The summed E-state index contributed by atoms with van der Waals surface area (Å²) in [5, 5.41) is 4.19. The van der Waals surface area contributed by atoms with Crippen molar-refractivity contribution < 1.29 is 9.31 Å². The summed E-state index contributed by atoms with van der Waals surface area (Å²) in [6, 6.07) is 7.61. The number of rotatable bonds is 1. The number of hydrogen-bond donors (Lipinski definition) is 3. The normalized spacial score (nSPS) is 20.2. The van der Waals surface area contributed by atoms with Crippen LogP contribution in [0.4, 0.5) is 5.69 Å². The van der Waals surface area contributed by atoms with E-state index in [4.69, 9.17) is 15.0 Å². The molecule has 6 heteroatoms. The Bertz CT molecular complexity index is 380. The molecule has 0 amide bonds. The maximum Gasteiger partial charge on any atom is 0.494 e. The van der Waals surface area contributed by atoms with Crippen molar-refractivity contribution in [3.63, 3.8) is 0 Å². The molecule has 100 valence electrons. The van der Waals surface area contributed by atoms with Gasteiger partial charge in [-0.3, -0.25) is 5.14 Å². The van der Waals surface area contributed by atoms with Crippen molar-refractivity contribution in [2.45, 2.75) is 38.9 Å². The maximum absolute atomic E-state index is 5.93. The van der Waals surface area contributed by atoms with Crippen molar-refractivity contribution >= 4 is 31.1 Å². The molecular formula is C12H21BN2O2S. The van der Waals surface area contributed by atoms with Gasteiger partial charge in [0.25, 0.3) is 0 Å². The smallest absolute Gasteiger partial charge is 0.399 e. The van der Waals surface area contributed by atoms with Crippen molar-refractivity contribution in [3.05, 3.63) is 24.3 Å². The molecule has 0 spiro atoms. The van der Waals surface area contributed by atoms with Gasteiger partial charge in [-0.2, -0.15) is 0 Å². The van der Waals surface area contributed by atoms with Crippen molar-refractivity contribution in [3.8, 4) is 0 Å². The summed E-state index contributed by atoms with van der Waals surface area (Å²) >= 11 is 3.03. The van der Waals surface area contributed by atoms with E-state index in [1.807, 2.05) is 52.0 Å². The van der Waals surface area contributed by atoms with Crippen LogP contribution in [0.1, 0.15) is 27.7 Å². The first-order chi connectivity index (χ1) is 8.32. The summed E-state index contributed by atoms with van der Waals surface area (Å²) < 4.78 is 11.9. The Kier molecular flexibility index (Phi) is 4.72. The van der Waals surface area contributed by atoms with Gasteiger partial charge in [0.15, 0.2) is 0 Å². The van der Waals surface area contributed by atoms with E-state index >= 15 is 0 Å². The summed E-state index contributed by atoms with van der Waals surface area (Å²) in [5.41, 5.74) is 6.82. The van der Waals surface area contributed by atoms with E-state index in [-0.39, 0.29) is 18.3 Å². The zero-order chi connectivity index (χ0) is 14.0. The van der Waals surface area contributed by atoms with Crippen molar-refractivity contribution in [2.75, 3.05) is 5.73 Å². The molecule has 0 aromatic heterocycles. The molecule has 4 nitrogen and oxygen atoms in total. The molecule has 1 heterocycles. The van der Waals surface area contributed by atoms with Crippen molar-refractivity contribution in [2.24, 2.45) is 5.14 Å². The molecule has 0 bridgehead atoms. The molecular weight excluding hydrogens is 247 g/mol. The molecule has 0 radical (unpaired) electrons. The van der Waals surface area contributed by atoms with Gasteiger partial charge in [0, 0.05) is 5.69 Å². The van der Waals surface area contributed by atoms with Crippen LogP contribution in [0.15, 0.2) is 24.3 Å². The van der Waals surface area contributed by atoms with Gasteiger partial charge in [0.1, 0.15) is 0 Å². The van der Waals surface area contributed by atoms with Gasteiger partial charge in [-0.05, 0) is 45.3 Å². The van der Waals surface area contributed by atoms with Crippen LogP contribution in [-0.4, -0.2) is 18.3 Å². The highest BCUT2D eigenvalue weighted by Gasteiger charge is 2.51. The lowest BCUT2D eigenvalue weighted by Gasteiger charge is -2.32. The molecule has 1 saturated heterocycles. The molecule has 0 atom stereocenters. The second-order valence-corrected chi connectivity index (χ2v) is 5.25. The minimum atomic E-state index is -0.300. The van der Waals surface area contributed by atoms with Crippen LogP contribution in [0.25, 0.3) is 0 Å². The van der Waals surface area contributed by atoms with Crippen LogP contribution in [-0.2, 0) is 9.31 Å². The highest BCUT2D eigenvalue weighted by Crippen LogP contribution is 2.36. The summed E-state index contributed by atoms with van der Waals surface area (Å²) in [6.07, 6.45) is 0. The lowest BCUT2D eigenvalue weighted by molar-refractivity contribution is 0.00578. The summed E-state index contributed by atoms with van der Waals surface area (Å²) in [4.78, 5) is 0. The predicted octanol–water partition coefficient (Wildman–Crippen LogP) is 1.36. The van der Waals surface area contributed by atoms with Gasteiger partial charge in [-0.1, -0.05) is 12.1 Å². The highest BCUT2D eigenvalue weighted by molar-refractivity contribution is 7.77. The van der Waals surface area contributed by atoms with Crippen molar-refractivity contribution in [1.29, 1.82) is 0 Å². The zero-order valence-electron chi connectivity index (χ0n) is 11.3. The third-order valence-corrected chi connectivity index (χ3v) is 3.46. The first kappa shape index (κ1) is 15.4. The average Bonchev–Trinajstić information content (AvgIpc) is 2.52. The standard InChI is InChI=1S/C12H18BNO2.H3NS/c1-11(2)12(3,4)16-13(15-11)9-5-7-10(14)8-6-9;1-2/h5-8H,14H2,1-4H3;2H,1H2. The molecule has 0 aliphatic carbocycles. The van der Waals surface area contributed by atoms with E-state index in [0.29, 0.717) is 0 Å². The maximum atomic E-state index is 5.93. The van der Waals surface area contributed by atoms with E-state index in [0.717, 1.165) is 11.2 Å². The molecule has 2 rings (SSSR count).